The van der Waals surface area contributed by atoms with Gasteiger partial charge in [0.15, 0.2) is 0 Å². The summed E-state index contributed by atoms with van der Waals surface area (Å²) in [6, 6.07) is 0. The molecule has 1 amide bonds. The number of carboxylic acid groups (broad SMARTS) is 1. The fourth-order valence-electron chi connectivity index (χ4n) is 1.98. The quantitative estimate of drug-likeness (QED) is 0.728. The van der Waals surface area contributed by atoms with Gasteiger partial charge in [-0.1, -0.05) is 0 Å². The van der Waals surface area contributed by atoms with Crippen molar-refractivity contribution in [3.63, 3.8) is 0 Å². The van der Waals surface area contributed by atoms with Crippen LogP contribution < -0.4 is 0 Å². The van der Waals surface area contributed by atoms with Gasteiger partial charge in [-0.3, -0.25) is 14.5 Å². The molecule has 1 rings (SSSR count). The predicted octanol–water partition coefficient (Wildman–Crippen LogP) is 0.0303. The molecular weight excluding hydrogens is 236 g/mol. The minimum Gasteiger partial charge on any atom is -0.481 e. The van der Waals surface area contributed by atoms with Crippen LogP contribution in [0.4, 0.5) is 0 Å². The van der Waals surface area contributed by atoms with Crippen LogP contribution in [0.5, 0.6) is 0 Å². The van der Waals surface area contributed by atoms with Gasteiger partial charge in [-0.25, -0.2) is 0 Å². The zero-order valence-electron chi connectivity index (χ0n) is 11.1. The minimum atomic E-state index is -0.829. The standard InChI is InChI=1S/C12H22N2O4/c1-13(2)11(15)4-3-5-14-6-7-18-10(9-14)8-12(16)17/h10H,3-9H2,1-2H3,(H,16,17). The summed E-state index contributed by atoms with van der Waals surface area (Å²) in [4.78, 5) is 25.8. The van der Waals surface area contributed by atoms with E-state index in [1.807, 2.05) is 0 Å². The Hall–Kier alpha value is -1.14. The Bertz CT molecular complexity index is 294. The molecule has 1 fully saturated rings. The molecule has 6 nitrogen and oxygen atoms in total. The monoisotopic (exact) mass is 258 g/mol. The minimum absolute atomic E-state index is 0.0487. The van der Waals surface area contributed by atoms with E-state index in [4.69, 9.17) is 9.84 Å². The molecule has 0 spiro atoms. The Morgan fingerprint density at radius 1 is 1.44 bits per heavy atom. The summed E-state index contributed by atoms with van der Waals surface area (Å²) in [7, 11) is 3.50. The molecule has 0 bridgehead atoms. The molecular formula is C12H22N2O4. The second-order valence-electron chi connectivity index (χ2n) is 4.78. The third-order valence-electron chi connectivity index (χ3n) is 2.99. The topological polar surface area (TPSA) is 70.1 Å². The summed E-state index contributed by atoms with van der Waals surface area (Å²) in [5.74, 6) is -0.699. The molecule has 0 aromatic heterocycles. The van der Waals surface area contributed by atoms with Gasteiger partial charge in [0.25, 0.3) is 0 Å². The first-order valence-electron chi connectivity index (χ1n) is 6.25. The Morgan fingerprint density at radius 2 is 2.17 bits per heavy atom. The van der Waals surface area contributed by atoms with Crippen LogP contribution in [-0.2, 0) is 14.3 Å². The van der Waals surface area contributed by atoms with Gasteiger partial charge in [0, 0.05) is 33.6 Å². The van der Waals surface area contributed by atoms with Crippen molar-refractivity contribution in [2.24, 2.45) is 0 Å². The largest absolute Gasteiger partial charge is 0.481 e. The zero-order chi connectivity index (χ0) is 13.5. The van der Waals surface area contributed by atoms with E-state index in [0.29, 0.717) is 19.6 Å². The summed E-state index contributed by atoms with van der Waals surface area (Å²) in [5, 5.41) is 8.71. The van der Waals surface area contributed by atoms with E-state index in [-0.39, 0.29) is 18.4 Å². The molecule has 1 aliphatic heterocycles. The van der Waals surface area contributed by atoms with Crippen molar-refractivity contribution in [3.05, 3.63) is 0 Å². The molecule has 1 aliphatic rings. The first-order valence-corrected chi connectivity index (χ1v) is 6.25. The highest BCUT2D eigenvalue weighted by Gasteiger charge is 2.22. The predicted molar refractivity (Wildman–Crippen MR) is 66.4 cm³/mol. The normalized spacial score (nSPS) is 20.7. The van der Waals surface area contributed by atoms with Crippen molar-refractivity contribution in [3.8, 4) is 0 Å². The highest BCUT2D eigenvalue weighted by Crippen LogP contribution is 2.09. The number of rotatable bonds is 6. The van der Waals surface area contributed by atoms with Gasteiger partial charge < -0.3 is 14.7 Å². The fraction of sp³-hybridized carbons (Fsp3) is 0.833. The van der Waals surface area contributed by atoms with E-state index in [1.165, 1.54) is 0 Å². The molecule has 0 radical (unpaired) electrons. The summed E-state index contributed by atoms with van der Waals surface area (Å²) >= 11 is 0. The Labute approximate surface area is 107 Å². The zero-order valence-corrected chi connectivity index (χ0v) is 11.1. The van der Waals surface area contributed by atoms with Gasteiger partial charge in [-0.05, 0) is 13.0 Å². The molecule has 6 heteroatoms. The Kier molecular flexibility index (Phi) is 6.07. The van der Waals surface area contributed by atoms with Gasteiger partial charge in [0.1, 0.15) is 0 Å². The second kappa shape index (κ2) is 7.33. The number of morpholine rings is 1. The van der Waals surface area contributed by atoms with E-state index < -0.39 is 5.97 Å². The molecule has 104 valence electrons. The first kappa shape index (κ1) is 14.9. The number of carbonyl (C=O) groups is 2. The SMILES string of the molecule is CN(C)C(=O)CCCN1CCOC(CC(=O)O)C1. The number of ether oxygens (including phenoxy) is 1. The third-order valence-corrected chi connectivity index (χ3v) is 2.99. The number of carboxylic acids is 1. The summed E-state index contributed by atoms with van der Waals surface area (Å²) < 4.78 is 5.39. The number of hydrogen-bond acceptors (Lipinski definition) is 4. The Balaban J connectivity index is 2.22. The van der Waals surface area contributed by atoms with Crippen molar-refractivity contribution in [1.82, 2.24) is 9.80 Å². The van der Waals surface area contributed by atoms with Crippen molar-refractivity contribution in [2.75, 3.05) is 40.3 Å². The smallest absolute Gasteiger partial charge is 0.306 e. The molecule has 0 aromatic rings. The van der Waals surface area contributed by atoms with E-state index in [1.54, 1.807) is 19.0 Å². The summed E-state index contributed by atoms with van der Waals surface area (Å²) in [6.07, 6.45) is 1.17. The molecule has 1 unspecified atom stereocenters. The molecule has 1 saturated heterocycles. The number of nitrogens with zero attached hydrogens (tertiary/aromatic N) is 2. The second-order valence-corrected chi connectivity index (χ2v) is 4.78. The van der Waals surface area contributed by atoms with E-state index >= 15 is 0 Å². The van der Waals surface area contributed by atoms with Crippen molar-refractivity contribution in [1.29, 1.82) is 0 Å². The molecule has 1 heterocycles. The molecule has 0 aliphatic carbocycles. The van der Waals surface area contributed by atoms with Crippen molar-refractivity contribution < 1.29 is 19.4 Å². The van der Waals surface area contributed by atoms with E-state index in [2.05, 4.69) is 4.90 Å². The van der Waals surface area contributed by atoms with Crippen molar-refractivity contribution in [2.45, 2.75) is 25.4 Å². The van der Waals surface area contributed by atoms with Crippen LogP contribution in [0.25, 0.3) is 0 Å². The van der Waals surface area contributed by atoms with Gasteiger partial charge in [-0.15, -0.1) is 0 Å². The van der Waals surface area contributed by atoms with E-state index in [9.17, 15) is 9.59 Å². The lowest BCUT2D eigenvalue weighted by atomic mass is 10.2. The van der Waals surface area contributed by atoms with Gasteiger partial charge in [0.2, 0.25) is 5.91 Å². The maximum atomic E-state index is 11.4. The molecule has 1 atom stereocenters. The van der Waals surface area contributed by atoms with Gasteiger partial charge >= 0.3 is 5.97 Å². The maximum Gasteiger partial charge on any atom is 0.306 e. The lowest BCUT2D eigenvalue weighted by Crippen LogP contribution is -2.43. The van der Waals surface area contributed by atoms with E-state index in [0.717, 1.165) is 19.5 Å². The molecule has 0 aromatic carbocycles. The summed E-state index contributed by atoms with van der Waals surface area (Å²) in [6.45, 7) is 2.84. The lowest BCUT2D eigenvalue weighted by Gasteiger charge is -2.32. The van der Waals surface area contributed by atoms with Crippen LogP contribution in [-0.4, -0.2) is 73.2 Å². The highest BCUT2D eigenvalue weighted by atomic mass is 16.5. The summed E-state index contributed by atoms with van der Waals surface area (Å²) in [5.41, 5.74) is 0. The van der Waals surface area contributed by atoms with Crippen LogP contribution in [0.3, 0.4) is 0 Å². The van der Waals surface area contributed by atoms with Gasteiger partial charge in [-0.2, -0.15) is 0 Å². The maximum absolute atomic E-state index is 11.4. The third kappa shape index (κ3) is 5.46. The first-order chi connectivity index (χ1) is 8.49. The Morgan fingerprint density at radius 3 is 2.78 bits per heavy atom. The number of hydrogen-bond donors (Lipinski definition) is 1. The molecule has 1 N–H and O–H groups in total. The average molecular weight is 258 g/mol. The fourth-order valence-corrected chi connectivity index (χ4v) is 1.98. The van der Waals surface area contributed by atoms with Crippen LogP contribution in [0.15, 0.2) is 0 Å². The average Bonchev–Trinajstić information content (AvgIpc) is 2.28. The highest BCUT2D eigenvalue weighted by molar-refractivity contribution is 5.75. The number of carbonyl (C=O) groups excluding carboxylic acids is 1. The molecule has 18 heavy (non-hydrogen) atoms. The number of amides is 1. The van der Waals surface area contributed by atoms with Crippen LogP contribution in [0.2, 0.25) is 0 Å². The van der Waals surface area contributed by atoms with Crippen LogP contribution in [0.1, 0.15) is 19.3 Å². The lowest BCUT2D eigenvalue weighted by molar-refractivity contribution is -0.142. The van der Waals surface area contributed by atoms with Gasteiger partial charge in [0.05, 0.1) is 19.1 Å². The number of aliphatic carboxylic acids is 1. The van der Waals surface area contributed by atoms with Crippen molar-refractivity contribution >= 4 is 11.9 Å². The molecule has 0 saturated carbocycles. The van der Waals surface area contributed by atoms with Crippen LogP contribution >= 0.6 is 0 Å². The van der Waals surface area contributed by atoms with Crippen LogP contribution in [0, 0.1) is 0 Å².